The number of halogens is 1. The van der Waals surface area contributed by atoms with Crippen molar-refractivity contribution in [2.75, 3.05) is 13.1 Å². The Labute approximate surface area is 140 Å². The van der Waals surface area contributed by atoms with E-state index in [2.05, 4.69) is 10.6 Å². The average Bonchev–Trinajstić information content (AvgIpc) is 2.54. The van der Waals surface area contributed by atoms with Gasteiger partial charge in [-0.05, 0) is 36.8 Å². The fourth-order valence-electron chi connectivity index (χ4n) is 2.04. The zero-order valence-corrected chi connectivity index (χ0v) is 13.7. The second kappa shape index (κ2) is 8.34. The largest absolute Gasteiger partial charge is 0.354 e. The molecule has 4 nitrogen and oxygen atoms in total. The molecule has 5 heteroatoms. The maximum atomic E-state index is 11.9. The van der Waals surface area contributed by atoms with Crippen molar-refractivity contribution < 1.29 is 9.59 Å². The van der Waals surface area contributed by atoms with E-state index in [-0.39, 0.29) is 11.8 Å². The second-order valence-electron chi connectivity index (χ2n) is 5.28. The summed E-state index contributed by atoms with van der Waals surface area (Å²) in [5.41, 5.74) is 2.62. The molecule has 2 N–H and O–H groups in total. The first kappa shape index (κ1) is 17.0. The molecule has 0 spiro atoms. The van der Waals surface area contributed by atoms with Gasteiger partial charge in [0.25, 0.3) is 5.91 Å². The average molecular weight is 331 g/mol. The third-order valence-corrected chi connectivity index (χ3v) is 3.58. The topological polar surface area (TPSA) is 58.2 Å². The lowest BCUT2D eigenvalue weighted by Crippen LogP contribution is -2.35. The first-order valence-electron chi connectivity index (χ1n) is 7.40. The number of hydrogen-bond donors (Lipinski definition) is 2. The number of rotatable bonds is 6. The number of nitrogens with one attached hydrogen (secondary N) is 2. The third-order valence-electron chi connectivity index (χ3n) is 3.32. The molecule has 0 heterocycles. The molecule has 120 valence electrons. The lowest BCUT2D eigenvalue weighted by Gasteiger charge is -2.07. The monoisotopic (exact) mass is 330 g/mol. The molecule has 2 rings (SSSR count). The van der Waals surface area contributed by atoms with E-state index in [1.54, 1.807) is 24.3 Å². The van der Waals surface area contributed by atoms with Crippen LogP contribution in [0.15, 0.2) is 48.5 Å². The summed E-state index contributed by atoms with van der Waals surface area (Å²) in [7, 11) is 0. The maximum absolute atomic E-state index is 11.9. The minimum atomic E-state index is -0.142. The summed E-state index contributed by atoms with van der Waals surface area (Å²) >= 11 is 5.80. The van der Waals surface area contributed by atoms with Crippen LogP contribution in [0.3, 0.4) is 0 Å². The number of carbonyl (C=O) groups excluding carboxylic acids is 2. The standard InChI is InChI=1S/C18H19ClN2O2/c1-13-2-6-15(7-3-13)18(23)21-11-10-20-17(22)12-14-4-8-16(19)9-5-14/h2-9H,10-12H2,1H3,(H,20,22)(H,21,23). The molecule has 23 heavy (non-hydrogen) atoms. The third kappa shape index (κ3) is 5.75. The minimum Gasteiger partial charge on any atom is -0.354 e. The summed E-state index contributed by atoms with van der Waals surface area (Å²) in [6, 6.07) is 14.5. The van der Waals surface area contributed by atoms with Gasteiger partial charge < -0.3 is 10.6 Å². The van der Waals surface area contributed by atoms with E-state index in [4.69, 9.17) is 11.6 Å². The van der Waals surface area contributed by atoms with Crippen LogP contribution in [0, 0.1) is 6.92 Å². The molecule has 2 aromatic rings. The van der Waals surface area contributed by atoms with Crippen molar-refractivity contribution in [3.8, 4) is 0 Å². The molecule has 0 aliphatic rings. The SMILES string of the molecule is Cc1ccc(C(=O)NCCNC(=O)Cc2ccc(Cl)cc2)cc1. The van der Waals surface area contributed by atoms with E-state index >= 15 is 0 Å². The Hall–Kier alpha value is -2.33. The molecular formula is C18H19ClN2O2. The van der Waals surface area contributed by atoms with Crippen LogP contribution in [0.2, 0.25) is 5.02 Å². The van der Waals surface area contributed by atoms with Crippen molar-refractivity contribution in [3.05, 3.63) is 70.2 Å². The zero-order valence-electron chi connectivity index (χ0n) is 12.9. The summed E-state index contributed by atoms with van der Waals surface area (Å²) < 4.78 is 0. The van der Waals surface area contributed by atoms with Crippen LogP contribution in [-0.2, 0) is 11.2 Å². The highest BCUT2D eigenvalue weighted by Crippen LogP contribution is 2.09. The first-order valence-corrected chi connectivity index (χ1v) is 7.78. The molecule has 0 bridgehead atoms. The molecule has 0 fully saturated rings. The van der Waals surface area contributed by atoms with E-state index < -0.39 is 0 Å². The highest BCUT2D eigenvalue weighted by molar-refractivity contribution is 6.30. The molecule has 0 aliphatic carbocycles. The van der Waals surface area contributed by atoms with Gasteiger partial charge in [-0.2, -0.15) is 0 Å². The van der Waals surface area contributed by atoms with Crippen molar-refractivity contribution in [3.63, 3.8) is 0 Å². The van der Waals surface area contributed by atoms with Gasteiger partial charge in [0.15, 0.2) is 0 Å². The minimum absolute atomic E-state index is 0.0862. The van der Waals surface area contributed by atoms with Gasteiger partial charge in [-0.25, -0.2) is 0 Å². The summed E-state index contributed by atoms with van der Waals surface area (Å²) in [5.74, 6) is -0.228. The fraction of sp³-hybridized carbons (Fsp3) is 0.222. The molecule has 0 atom stereocenters. The molecule has 2 aromatic carbocycles. The smallest absolute Gasteiger partial charge is 0.251 e. The summed E-state index contributed by atoms with van der Waals surface area (Å²) in [5, 5.41) is 6.20. The van der Waals surface area contributed by atoms with E-state index in [0.29, 0.717) is 30.1 Å². The Kier molecular flexibility index (Phi) is 6.18. The van der Waals surface area contributed by atoms with Gasteiger partial charge in [-0.3, -0.25) is 9.59 Å². The van der Waals surface area contributed by atoms with E-state index in [1.807, 2.05) is 31.2 Å². The van der Waals surface area contributed by atoms with Gasteiger partial charge >= 0.3 is 0 Å². The molecule has 0 unspecified atom stereocenters. The van der Waals surface area contributed by atoms with E-state index in [9.17, 15) is 9.59 Å². The summed E-state index contributed by atoms with van der Waals surface area (Å²) in [6.45, 7) is 2.75. The Morgan fingerprint density at radius 1 is 0.913 bits per heavy atom. The summed E-state index contributed by atoms with van der Waals surface area (Å²) in [6.07, 6.45) is 0.295. The van der Waals surface area contributed by atoms with Gasteiger partial charge in [0.1, 0.15) is 0 Å². The predicted octanol–water partition coefficient (Wildman–Crippen LogP) is 2.74. The number of carbonyl (C=O) groups is 2. The molecule has 2 amide bonds. The lowest BCUT2D eigenvalue weighted by atomic mass is 10.1. The Morgan fingerprint density at radius 2 is 1.52 bits per heavy atom. The van der Waals surface area contributed by atoms with Crippen LogP contribution in [0.4, 0.5) is 0 Å². The Balaban J connectivity index is 1.68. The molecule has 0 saturated heterocycles. The van der Waals surface area contributed by atoms with Crippen molar-refractivity contribution in [2.24, 2.45) is 0 Å². The Bertz CT molecular complexity index is 666. The molecule has 0 radical (unpaired) electrons. The van der Waals surface area contributed by atoms with Crippen LogP contribution in [0.5, 0.6) is 0 Å². The molecule has 0 saturated carbocycles. The van der Waals surface area contributed by atoms with Crippen LogP contribution in [0.25, 0.3) is 0 Å². The van der Waals surface area contributed by atoms with Crippen molar-refractivity contribution >= 4 is 23.4 Å². The molecule has 0 aliphatic heterocycles. The number of benzene rings is 2. The van der Waals surface area contributed by atoms with Gasteiger partial charge in [0.05, 0.1) is 6.42 Å². The van der Waals surface area contributed by atoms with Crippen molar-refractivity contribution in [2.45, 2.75) is 13.3 Å². The van der Waals surface area contributed by atoms with Crippen molar-refractivity contribution in [1.29, 1.82) is 0 Å². The number of amides is 2. The number of hydrogen-bond acceptors (Lipinski definition) is 2. The maximum Gasteiger partial charge on any atom is 0.251 e. The number of aryl methyl sites for hydroxylation is 1. The van der Waals surface area contributed by atoms with E-state index in [1.165, 1.54) is 0 Å². The fourth-order valence-corrected chi connectivity index (χ4v) is 2.16. The lowest BCUT2D eigenvalue weighted by molar-refractivity contribution is -0.120. The van der Waals surface area contributed by atoms with Gasteiger partial charge in [-0.1, -0.05) is 41.4 Å². The van der Waals surface area contributed by atoms with Crippen LogP contribution >= 0.6 is 11.6 Å². The van der Waals surface area contributed by atoms with Gasteiger partial charge in [0.2, 0.25) is 5.91 Å². The van der Waals surface area contributed by atoms with E-state index in [0.717, 1.165) is 11.1 Å². The molecule has 0 aromatic heterocycles. The highest BCUT2D eigenvalue weighted by Gasteiger charge is 2.05. The quantitative estimate of drug-likeness (QED) is 0.800. The Morgan fingerprint density at radius 3 is 2.17 bits per heavy atom. The molecular weight excluding hydrogens is 312 g/mol. The highest BCUT2D eigenvalue weighted by atomic mass is 35.5. The summed E-state index contributed by atoms with van der Waals surface area (Å²) in [4.78, 5) is 23.7. The van der Waals surface area contributed by atoms with Crippen LogP contribution in [-0.4, -0.2) is 24.9 Å². The van der Waals surface area contributed by atoms with Crippen LogP contribution in [0.1, 0.15) is 21.5 Å². The second-order valence-corrected chi connectivity index (χ2v) is 5.71. The van der Waals surface area contributed by atoms with Crippen molar-refractivity contribution in [1.82, 2.24) is 10.6 Å². The van der Waals surface area contributed by atoms with Gasteiger partial charge in [0, 0.05) is 23.7 Å². The zero-order chi connectivity index (χ0) is 16.7. The normalized spacial score (nSPS) is 10.2. The van der Waals surface area contributed by atoms with Crippen LogP contribution < -0.4 is 10.6 Å². The first-order chi connectivity index (χ1) is 11.0. The van der Waals surface area contributed by atoms with Gasteiger partial charge in [-0.15, -0.1) is 0 Å². The predicted molar refractivity (Wildman–Crippen MR) is 91.7 cm³/mol.